The lowest BCUT2D eigenvalue weighted by atomic mass is 10.1. The minimum atomic E-state index is -0.388. The summed E-state index contributed by atoms with van der Waals surface area (Å²) in [4.78, 5) is 22.7. The van der Waals surface area contributed by atoms with Crippen molar-refractivity contribution >= 4 is 5.91 Å². The Labute approximate surface area is 173 Å². The highest BCUT2D eigenvalue weighted by atomic mass is 19.1. The number of hydrogen-bond donors (Lipinski definition) is 1. The second-order valence-electron chi connectivity index (χ2n) is 7.00. The summed E-state index contributed by atoms with van der Waals surface area (Å²) >= 11 is 0. The topological polar surface area (TPSA) is 93.2 Å². The number of rotatable bonds is 6. The van der Waals surface area contributed by atoms with E-state index in [0.717, 1.165) is 11.4 Å². The number of halogens is 1. The fourth-order valence-corrected chi connectivity index (χ4v) is 3.18. The molecular weight excluding hydrogens is 389 g/mol. The van der Waals surface area contributed by atoms with Gasteiger partial charge in [0.1, 0.15) is 11.8 Å². The third kappa shape index (κ3) is 4.62. The number of amides is 1. The van der Waals surface area contributed by atoms with E-state index in [2.05, 4.69) is 20.2 Å². The molecule has 8 nitrogen and oxygen atoms in total. The van der Waals surface area contributed by atoms with Crippen molar-refractivity contribution < 1.29 is 18.7 Å². The van der Waals surface area contributed by atoms with E-state index in [0.29, 0.717) is 44.1 Å². The highest BCUT2D eigenvalue weighted by molar-refractivity contribution is 5.92. The van der Waals surface area contributed by atoms with Crippen LogP contribution in [-0.4, -0.2) is 57.3 Å². The lowest BCUT2D eigenvalue weighted by molar-refractivity contribution is -0.0249. The monoisotopic (exact) mass is 411 g/mol. The van der Waals surface area contributed by atoms with Gasteiger partial charge in [-0.2, -0.15) is 5.10 Å². The molecule has 1 aliphatic heterocycles. The van der Waals surface area contributed by atoms with Gasteiger partial charge in [0.2, 0.25) is 0 Å². The fourth-order valence-electron chi connectivity index (χ4n) is 3.18. The fraction of sp³-hybridized carbons (Fsp3) is 0.333. The summed E-state index contributed by atoms with van der Waals surface area (Å²) in [7, 11) is 0. The van der Waals surface area contributed by atoms with Crippen molar-refractivity contribution in [3.63, 3.8) is 0 Å². The number of hydrogen-bond acceptors (Lipinski definition) is 6. The molecule has 30 heavy (non-hydrogen) atoms. The van der Waals surface area contributed by atoms with Crippen molar-refractivity contribution in [2.45, 2.75) is 19.4 Å². The summed E-state index contributed by atoms with van der Waals surface area (Å²) in [6.07, 6.45) is 3.27. The minimum absolute atomic E-state index is 0.176. The standard InChI is InChI=1S/C21H22FN5O3/c1-14-11-24-18(12-23-14)21(28)27-7-9-30-20(13-27)17-10-15(25-26-17)6-8-29-19-5-3-2-4-16(19)22/h2-5,10-12,20H,6-9,13H2,1H3,(H,25,26)/t20-/m0/s1. The zero-order valence-electron chi connectivity index (χ0n) is 16.5. The molecule has 0 unspecified atom stereocenters. The lowest BCUT2D eigenvalue weighted by Gasteiger charge is -2.31. The van der Waals surface area contributed by atoms with Crippen molar-refractivity contribution in [2.75, 3.05) is 26.3 Å². The molecule has 0 bridgehead atoms. The van der Waals surface area contributed by atoms with E-state index >= 15 is 0 Å². The maximum Gasteiger partial charge on any atom is 0.274 e. The van der Waals surface area contributed by atoms with Crippen molar-refractivity contribution in [1.82, 2.24) is 25.1 Å². The highest BCUT2D eigenvalue weighted by Gasteiger charge is 2.28. The summed E-state index contributed by atoms with van der Waals surface area (Å²) in [6, 6.07) is 8.18. The number of carbonyl (C=O) groups excluding carboxylic acids is 1. The Kier molecular flexibility index (Phi) is 5.99. The molecule has 9 heteroatoms. The van der Waals surface area contributed by atoms with Crippen molar-refractivity contribution in [3.05, 3.63) is 71.3 Å². The molecule has 1 aliphatic rings. The third-order valence-electron chi connectivity index (χ3n) is 4.80. The Balaban J connectivity index is 1.34. The molecule has 4 rings (SSSR count). The van der Waals surface area contributed by atoms with Crippen molar-refractivity contribution in [3.8, 4) is 5.75 Å². The first kappa shape index (κ1) is 20.0. The molecule has 3 heterocycles. The van der Waals surface area contributed by atoms with Gasteiger partial charge in [0.15, 0.2) is 11.6 Å². The Bertz CT molecular complexity index is 1010. The number of aromatic amines is 1. The van der Waals surface area contributed by atoms with Crippen LogP contribution in [0.15, 0.2) is 42.7 Å². The van der Waals surface area contributed by atoms with Crippen LogP contribution in [0.3, 0.4) is 0 Å². The molecule has 156 valence electrons. The number of morpholine rings is 1. The van der Waals surface area contributed by atoms with Gasteiger partial charge in [-0.15, -0.1) is 0 Å². The molecule has 0 spiro atoms. The second kappa shape index (κ2) is 9.00. The Morgan fingerprint density at radius 1 is 1.33 bits per heavy atom. The van der Waals surface area contributed by atoms with Crippen LogP contribution in [-0.2, 0) is 11.2 Å². The SMILES string of the molecule is Cc1cnc(C(=O)N2CCO[C@H](c3cc(CCOc4ccccc4F)[nH]n3)C2)cn1. The predicted molar refractivity (Wildman–Crippen MR) is 106 cm³/mol. The smallest absolute Gasteiger partial charge is 0.274 e. The molecule has 1 fully saturated rings. The van der Waals surface area contributed by atoms with Gasteiger partial charge in [-0.1, -0.05) is 12.1 Å². The average Bonchev–Trinajstić information content (AvgIpc) is 3.24. The maximum atomic E-state index is 13.6. The quantitative estimate of drug-likeness (QED) is 0.670. The summed E-state index contributed by atoms with van der Waals surface area (Å²) in [5.74, 6) is -0.340. The molecule has 1 atom stereocenters. The van der Waals surface area contributed by atoms with Crippen LogP contribution in [0.2, 0.25) is 0 Å². The zero-order valence-corrected chi connectivity index (χ0v) is 16.5. The number of aromatic nitrogens is 4. The minimum Gasteiger partial charge on any atom is -0.490 e. The molecule has 1 amide bonds. The van der Waals surface area contributed by atoms with E-state index < -0.39 is 0 Å². The Morgan fingerprint density at radius 2 is 2.20 bits per heavy atom. The molecule has 1 N–H and O–H groups in total. The van der Waals surface area contributed by atoms with E-state index in [1.54, 1.807) is 29.3 Å². The molecular formula is C21H22FN5O3. The van der Waals surface area contributed by atoms with Crippen molar-refractivity contribution in [1.29, 1.82) is 0 Å². The van der Waals surface area contributed by atoms with Gasteiger partial charge in [-0.3, -0.25) is 14.9 Å². The molecule has 0 saturated carbocycles. The van der Waals surface area contributed by atoms with Crippen LogP contribution in [0.5, 0.6) is 5.75 Å². The number of ether oxygens (including phenoxy) is 2. The first-order valence-corrected chi connectivity index (χ1v) is 9.71. The normalized spacial score (nSPS) is 16.5. The largest absolute Gasteiger partial charge is 0.490 e. The Hall–Kier alpha value is -3.33. The number of para-hydroxylation sites is 1. The second-order valence-corrected chi connectivity index (χ2v) is 7.00. The first-order valence-electron chi connectivity index (χ1n) is 9.71. The van der Waals surface area contributed by atoms with E-state index in [4.69, 9.17) is 9.47 Å². The van der Waals surface area contributed by atoms with Crippen LogP contribution >= 0.6 is 0 Å². The Morgan fingerprint density at radius 3 is 3.00 bits per heavy atom. The van der Waals surface area contributed by atoms with E-state index in [1.165, 1.54) is 12.3 Å². The number of benzene rings is 1. The molecule has 0 radical (unpaired) electrons. The van der Waals surface area contributed by atoms with E-state index in [1.807, 2.05) is 13.0 Å². The predicted octanol–water partition coefficient (Wildman–Crippen LogP) is 2.48. The van der Waals surface area contributed by atoms with Crippen LogP contribution in [0.25, 0.3) is 0 Å². The number of nitrogens with one attached hydrogen (secondary N) is 1. The number of carbonyl (C=O) groups is 1. The highest BCUT2D eigenvalue weighted by Crippen LogP contribution is 2.22. The number of nitrogens with zero attached hydrogens (tertiary/aromatic N) is 4. The zero-order chi connectivity index (χ0) is 20.9. The van der Waals surface area contributed by atoms with Gasteiger partial charge in [0, 0.05) is 24.9 Å². The molecule has 3 aromatic rings. The van der Waals surface area contributed by atoms with E-state index in [9.17, 15) is 9.18 Å². The first-order chi connectivity index (χ1) is 14.6. The molecule has 1 aromatic carbocycles. The number of aryl methyl sites for hydroxylation is 1. The molecule has 1 saturated heterocycles. The summed E-state index contributed by atoms with van der Waals surface area (Å²) in [5, 5.41) is 7.27. The molecule has 2 aromatic heterocycles. The van der Waals surface area contributed by atoms with Crippen LogP contribution in [0.4, 0.5) is 4.39 Å². The molecule has 0 aliphatic carbocycles. The lowest BCUT2D eigenvalue weighted by Crippen LogP contribution is -2.42. The van der Waals surface area contributed by atoms with Gasteiger partial charge in [-0.25, -0.2) is 9.37 Å². The van der Waals surface area contributed by atoms with Gasteiger partial charge in [-0.05, 0) is 25.1 Å². The van der Waals surface area contributed by atoms with Crippen LogP contribution in [0.1, 0.15) is 33.7 Å². The van der Waals surface area contributed by atoms with Crippen molar-refractivity contribution in [2.24, 2.45) is 0 Å². The summed E-state index contributed by atoms with van der Waals surface area (Å²) in [5.41, 5.74) is 2.63. The maximum absolute atomic E-state index is 13.6. The summed E-state index contributed by atoms with van der Waals surface area (Å²) < 4.78 is 24.9. The average molecular weight is 411 g/mol. The van der Waals surface area contributed by atoms with Gasteiger partial charge in [0.05, 0.1) is 37.3 Å². The van der Waals surface area contributed by atoms with Gasteiger partial charge in [0.25, 0.3) is 5.91 Å². The summed E-state index contributed by atoms with van der Waals surface area (Å²) in [6.45, 7) is 3.41. The van der Waals surface area contributed by atoms with Gasteiger partial charge >= 0.3 is 0 Å². The third-order valence-corrected chi connectivity index (χ3v) is 4.80. The number of H-pyrrole nitrogens is 1. The van der Waals surface area contributed by atoms with Crippen LogP contribution in [0, 0.1) is 12.7 Å². The van der Waals surface area contributed by atoms with E-state index in [-0.39, 0.29) is 23.6 Å². The van der Waals surface area contributed by atoms with Crippen LogP contribution < -0.4 is 4.74 Å². The van der Waals surface area contributed by atoms with Gasteiger partial charge < -0.3 is 14.4 Å².